The molecule has 0 saturated carbocycles. The molecule has 1 aromatic carbocycles. The molecule has 0 fully saturated rings. The molecule has 3 rings (SSSR count). The van der Waals surface area contributed by atoms with E-state index in [1.807, 2.05) is 18.2 Å². The van der Waals surface area contributed by atoms with Gasteiger partial charge in [-0.3, -0.25) is 4.79 Å². The largest absolute Gasteiger partial charge is 0.459 e. The van der Waals surface area contributed by atoms with Crippen LogP contribution in [0.2, 0.25) is 5.02 Å². The molecule has 0 unspecified atom stereocenters. The predicted octanol–water partition coefficient (Wildman–Crippen LogP) is 3.39. The van der Waals surface area contributed by atoms with Crippen LogP contribution in [-0.4, -0.2) is 21.9 Å². The zero-order valence-electron chi connectivity index (χ0n) is 11.9. The van der Waals surface area contributed by atoms with Gasteiger partial charge in [0, 0.05) is 11.6 Å². The topological polar surface area (TPSA) is 81.2 Å². The second-order valence-electron chi connectivity index (χ2n) is 4.51. The second-order valence-corrected chi connectivity index (χ2v) is 5.84. The van der Waals surface area contributed by atoms with E-state index in [0.29, 0.717) is 22.6 Å². The van der Waals surface area contributed by atoms with E-state index in [0.717, 1.165) is 17.3 Å². The Morgan fingerprint density at radius 3 is 2.87 bits per heavy atom. The van der Waals surface area contributed by atoms with Gasteiger partial charge in [-0.05, 0) is 23.8 Å². The summed E-state index contributed by atoms with van der Waals surface area (Å²) in [5, 5.41) is 11.4. The molecule has 0 aliphatic heterocycles. The highest BCUT2D eigenvalue weighted by molar-refractivity contribution is 7.99. The van der Waals surface area contributed by atoms with Crippen molar-refractivity contribution in [2.75, 3.05) is 5.75 Å². The van der Waals surface area contributed by atoms with Gasteiger partial charge in [0.25, 0.3) is 11.1 Å². The molecule has 23 heavy (non-hydrogen) atoms. The molecule has 1 N–H and O–H groups in total. The van der Waals surface area contributed by atoms with Crippen LogP contribution in [0.3, 0.4) is 0 Å². The summed E-state index contributed by atoms with van der Waals surface area (Å²) in [6.07, 6.45) is 1.52. The van der Waals surface area contributed by atoms with Crippen LogP contribution in [0.4, 0.5) is 0 Å². The van der Waals surface area contributed by atoms with Crippen LogP contribution in [0.15, 0.2) is 56.7 Å². The average Bonchev–Trinajstić information content (AvgIpc) is 3.23. The van der Waals surface area contributed by atoms with Gasteiger partial charge in [0.1, 0.15) is 0 Å². The van der Waals surface area contributed by atoms with Crippen molar-refractivity contribution in [2.45, 2.75) is 11.8 Å². The molecule has 0 saturated heterocycles. The SMILES string of the molecule is O=C(CSc1nnc(-c2ccco2)o1)NCc1ccccc1Cl. The first-order valence-electron chi connectivity index (χ1n) is 6.72. The number of carbonyl (C=O) groups excluding carboxylic acids is 1. The molecule has 0 aliphatic carbocycles. The normalized spacial score (nSPS) is 10.7. The van der Waals surface area contributed by atoms with Gasteiger partial charge in [0.15, 0.2) is 5.76 Å². The van der Waals surface area contributed by atoms with Crippen molar-refractivity contribution in [3.63, 3.8) is 0 Å². The number of furan rings is 1. The van der Waals surface area contributed by atoms with Gasteiger partial charge >= 0.3 is 0 Å². The Labute approximate surface area is 141 Å². The van der Waals surface area contributed by atoms with E-state index in [-0.39, 0.29) is 17.6 Å². The number of benzene rings is 1. The lowest BCUT2D eigenvalue weighted by Crippen LogP contribution is -2.24. The standard InChI is InChI=1S/C15H12ClN3O3S/c16-11-5-2-1-4-10(11)8-17-13(20)9-23-15-19-18-14(22-15)12-6-3-7-21-12/h1-7H,8-9H2,(H,17,20). The predicted molar refractivity (Wildman–Crippen MR) is 86.0 cm³/mol. The molecule has 0 bridgehead atoms. The third-order valence-corrected chi connectivity index (χ3v) is 4.09. The minimum atomic E-state index is -0.146. The van der Waals surface area contributed by atoms with Gasteiger partial charge in [-0.2, -0.15) is 0 Å². The third-order valence-electron chi connectivity index (χ3n) is 2.90. The van der Waals surface area contributed by atoms with Crippen LogP contribution in [-0.2, 0) is 11.3 Å². The first-order valence-corrected chi connectivity index (χ1v) is 8.09. The van der Waals surface area contributed by atoms with E-state index in [1.54, 1.807) is 18.2 Å². The quantitative estimate of drug-likeness (QED) is 0.687. The number of hydrogen-bond acceptors (Lipinski definition) is 6. The lowest BCUT2D eigenvalue weighted by molar-refractivity contribution is -0.118. The van der Waals surface area contributed by atoms with Crippen molar-refractivity contribution in [2.24, 2.45) is 0 Å². The van der Waals surface area contributed by atoms with E-state index in [9.17, 15) is 4.79 Å². The molecule has 0 atom stereocenters. The number of aromatic nitrogens is 2. The highest BCUT2D eigenvalue weighted by Gasteiger charge is 2.12. The van der Waals surface area contributed by atoms with Crippen LogP contribution < -0.4 is 5.32 Å². The summed E-state index contributed by atoms with van der Waals surface area (Å²) in [6.45, 7) is 0.376. The number of carbonyl (C=O) groups is 1. The first kappa shape index (κ1) is 15.6. The fourth-order valence-corrected chi connectivity index (χ4v) is 2.58. The number of amides is 1. The summed E-state index contributed by atoms with van der Waals surface area (Å²) in [5.41, 5.74) is 0.866. The summed E-state index contributed by atoms with van der Waals surface area (Å²) in [4.78, 5) is 11.9. The van der Waals surface area contributed by atoms with Gasteiger partial charge < -0.3 is 14.2 Å². The van der Waals surface area contributed by atoms with E-state index in [2.05, 4.69) is 15.5 Å². The minimum absolute atomic E-state index is 0.146. The number of halogens is 1. The van der Waals surface area contributed by atoms with Crippen molar-refractivity contribution in [1.29, 1.82) is 0 Å². The molecule has 0 radical (unpaired) electrons. The van der Waals surface area contributed by atoms with E-state index < -0.39 is 0 Å². The van der Waals surface area contributed by atoms with E-state index in [4.69, 9.17) is 20.4 Å². The number of thioether (sulfide) groups is 1. The maximum atomic E-state index is 11.9. The number of rotatable bonds is 6. The van der Waals surface area contributed by atoms with Crippen LogP contribution in [0.25, 0.3) is 11.7 Å². The van der Waals surface area contributed by atoms with Crippen molar-refractivity contribution in [3.8, 4) is 11.7 Å². The Morgan fingerprint density at radius 1 is 1.22 bits per heavy atom. The monoisotopic (exact) mass is 349 g/mol. The third kappa shape index (κ3) is 4.14. The number of hydrogen-bond donors (Lipinski definition) is 1. The number of nitrogens with zero attached hydrogens (tertiary/aromatic N) is 2. The molecule has 0 spiro atoms. The smallest absolute Gasteiger partial charge is 0.284 e. The molecular formula is C15H12ClN3O3S. The summed E-state index contributed by atoms with van der Waals surface area (Å²) < 4.78 is 10.6. The molecular weight excluding hydrogens is 338 g/mol. The Balaban J connectivity index is 1.49. The fourth-order valence-electron chi connectivity index (χ4n) is 1.78. The van der Waals surface area contributed by atoms with E-state index in [1.165, 1.54) is 6.26 Å². The summed E-state index contributed by atoms with van der Waals surface area (Å²) in [7, 11) is 0. The zero-order valence-corrected chi connectivity index (χ0v) is 13.4. The Morgan fingerprint density at radius 2 is 2.09 bits per heavy atom. The van der Waals surface area contributed by atoms with Crippen LogP contribution >= 0.6 is 23.4 Å². The summed E-state index contributed by atoms with van der Waals surface area (Å²) in [5.74, 6) is 0.804. The van der Waals surface area contributed by atoms with Crippen molar-refractivity contribution >= 4 is 29.3 Å². The summed E-state index contributed by atoms with van der Waals surface area (Å²) >= 11 is 7.19. The van der Waals surface area contributed by atoms with Gasteiger partial charge in [-0.25, -0.2) is 0 Å². The average molecular weight is 350 g/mol. The lowest BCUT2D eigenvalue weighted by Gasteiger charge is -2.05. The minimum Gasteiger partial charge on any atom is -0.459 e. The number of nitrogens with one attached hydrogen (secondary N) is 1. The molecule has 8 heteroatoms. The molecule has 2 aromatic heterocycles. The molecule has 6 nitrogen and oxygen atoms in total. The molecule has 0 aliphatic rings. The Bertz CT molecular complexity index is 789. The molecule has 3 aromatic rings. The summed E-state index contributed by atoms with van der Waals surface area (Å²) in [6, 6.07) is 10.8. The van der Waals surface area contributed by atoms with Crippen molar-refractivity contribution in [3.05, 3.63) is 53.2 Å². The first-order chi connectivity index (χ1) is 11.2. The van der Waals surface area contributed by atoms with Crippen molar-refractivity contribution < 1.29 is 13.6 Å². The molecule has 118 valence electrons. The maximum Gasteiger partial charge on any atom is 0.284 e. The van der Waals surface area contributed by atoms with Gasteiger partial charge in [0.05, 0.1) is 12.0 Å². The van der Waals surface area contributed by atoms with E-state index >= 15 is 0 Å². The van der Waals surface area contributed by atoms with Crippen molar-refractivity contribution in [1.82, 2.24) is 15.5 Å². The molecule has 2 heterocycles. The second kappa shape index (κ2) is 7.34. The van der Waals surface area contributed by atoms with Crippen LogP contribution in [0.1, 0.15) is 5.56 Å². The Kier molecular flexibility index (Phi) is 4.99. The highest BCUT2D eigenvalue weighted by atomic mass is 35.5. The maximum absolute atomic E-state index is 11.9. The zero-order chi connectivity index (χ0) is 16.1. The van der Waals surface area contributed by atoms with Gasteiger partial charge in [0.2, 0.25) is 5.91 Å². The molecule has 1 amide bonds. The van der Waals surface area contributed by atoms with Gasteiger partial charge in [-0.15, -0.1) is 10.2 Å². The van der Waals surface area contributed by atoms with Crippen LogP contribution in [0, 0.1) is 0 Å². The lowest BCUT2D eigenvalue weighted by atomic mass is 10.2. The Hall–Kier alpha value is -2.25. The van der Waals surface area contributed by atoms with Crippen LogP contribution in [0.5, 0.6) is 0 Å². The van der Waals surface area contributed by atoms with Gasteiger partial charge in [-0.1, -0.05) is 41.6 Å². The fraction of sp³-hybridized carbons (Fsp3) is 0.133. The highest BCUT2D eigenvalue weighted by Crippen LogP contribution is 2.23.